The lowest BCUT2D eigenvalue weighted by Crippen LogP contribution is -2.32. The molecule has 0 aliphatic carbocycles. The van der Waals surface area contributed by atoms with E-state index in [9.17, 15) is 9.18 Å². The van der Waals surface area contributed by atoms with E-state index in [2.05, 4.69) is 20.3 Å². The monoisotopic (exact) mass is 402 g/mol. The molecule has 7 heteroatoms. The third kappa shape index (κ3) is 3.08. The molecule has 0 bridgehead atoms. The molecule has 0 saturated carbocycles. The number of aromatic amines is 1. The van der Waals surface area contributed by atoms with Crippen molar-refractivity contribution in [3.05, 3.63) is 77.5 Å². The van der Waals surface area contributed by atoms with Crippen LogP contribution in [0.15, 0.2) is 55.0 Å². The number of H-pyrrole nitrogens is 1. The molecule has 2 N–H and O–H groups in total. The predicted molar refractivity (Wildman–Crippen MR) is 111 cm³/mol. The number of ether oxygens (including phenoxy) is 1. The first-order valence-electron chi connectivity index (χ1n) is 9.73. The Hall–Kier alpha value is -3.74. The van der Waals surface area contributed by atoms with Gasteiger partial charge in [-0.3, -0.25) is 9.78 Å². The number of amides is 1. The molecule has 1 atom stereocenters. The van der Waals surface area contributed by atoms with E-state index in [1.54, 1.807) is 30.6 Å². The third-order valence-electron chi connectivity index (χ3n) is 5.40. The van der Waals surface area contributed by atoms with Gasteiger partial charge in [0.05, 0.1) is 29.5 Å². The van der Waals surface area contributed by atoms with Crippen molar-refractivity contribution >= 4 is 16.9 Å². The molecule has 0 fully saturated rings. The zero-order valence-corrected chi connectivity index (χ0v) is 16.3. The Balaban J connectivity index is 1.40. The highest BCUT2D eigenvalue weighted by molar-refractivity contribution is 5.96. The van der Waals surface area contributed by atoms with E-state index < -0.39 is 6.04 Å². The largest absolute Gasteiger partial charge is 0.493 e. The van der Waals surface area contributed by atoms with Crippen LogP contribution in [0.25, 0.3) is 22.3 Å². The Morgan fingerprint density at radius 1 is 1.23 bits per heavy atom. The number of halogens is 1. The van der Waals surface area contributed by atoms with Gasteiger partial charge in [-0.05, 0) is 42.8 Å². The number of hydrogen-bond donors (Lipinski definition) is 2. The number of rotatable bonds is 3. The first-order chi connectivity index (χ1) is 14.6. The topological polar surface area (TPSA) is 79.9 Å². The van der Waals surface area contributed by atoms with E-state index in [1.165, 1.54) is 6.07 Å². The van der Waals surface area contributed by atoms with Crippen LogP contribution in [0.5, 0.6) is 5.75 Å². The minimum absolute atomic E-state index is 0.298. The van der Waals surface area contributed by atoms with Crippen molar-refractivity contribution in [2.45, 2.75) is 19.4 Å². The summed E-state index contributed by atoms with van der Waals surface area (Å²) in [5, 5.41) is 3.92. The Kier molecular flexibility index (Phi) is 4.43. The number of carbonyl (C=O) groups is 1. The fraction of sp³-hybridized carbons (Fsp3) is 0.174. The van der Waals surface area contributed by atoms with Crippen molar-refractivity contribution in [2.75, 3.05) is 6.61 Å². The fourth-order valence-corrected chi connectivity index (χ4v) is 3.92. The van der Waals surface area contributed by atoms with Gasteiger partial charge in [0.15, 0.2) is 0 Å². The number of aromatic nitrogens is 3. The highest BCUT2D eigenvalue weighted by atomic mass is 19.1. The molecule has 0 saturated heterocycles. The molecule has 5 rings (SSSR count). The molecule has 4 heterocycles. The SMILES string of the molecule is Cc1c[nH]c2nccc(-c3ccc(C(=O)NC4CCOc5cccc(F)c54)cn3)c12. The molecule has 4 aromatic rings. The number of pyridine rings is 2. The lowest BCUT2D eigenvalue weighted by molar-refractivity contribution is 0.0923. The standard InChI is InChI=1S/C23H19FN4O2/c1-13-11-27-22-20(13)15(7-9-25-22)17-6-5-14(12-26-17)23(29)28-18-8-10-30-19-4-2-3-16(24)21(18)19/h2-7,9,11-12,18H,8,10H2,1H3,(H,25,27)(H,28,29). The second-order valence-corrected chi connectivity index (χ2v) is 7.30. The zero-order chi connectivity index (χ0) is 20.7. The van der Waals surface area contributed by atoms with Crippen LogP contribution in [0, 0.1) is 12.7 Å². The van der Waals surface area contributed by atoms with E-state index in [4.69, 9.17) is 4.74 Å². The molecule has 0 radical (unpaired) electrons. The van der Waals surface area contributed by atoms with Crippen LogP contribution in [0.2, 0.25) is 0 Å². The summed E-state index contributed by atoms with van der Waals surface area (Å²) in [5.41, 5.74) is 4.39. The van der Waals surface area contributed by atoms with Gasteiger partial charge in [-0.2, -0.15) is 0 Å². The summed E-state index contributed by atoms with van der Waals surface area (Å²) in [6, 6.07) is 9.70. The van der Waals surface area contributed by atoms with E-state index in [0.717, 1.165) is 27.9 Å². The maximum Gasteiger partial charge on any atom is 0.253 e. The van der Waals surface area contributed by atoms with E-state index >= 15 is 0 Å². The molecule has 150 valence electrons. The number of fused-ring (bicyclic) bond motifs is 2. The van der Waals surface area contributed by atoms with Crippen LogP contribution >= 0.6 is 0 Å². The van der Waals surface area contributed by atoms with Crippen molar-refractivity contribution < 1.29 is 13.9 Å². The second kappa shape index (κ2) is 7.26. The number of nitrogens with one attached hydrogen (secondary N) is 2. The predicted octanol–water partition coefficient (Wildman–Crippen LogP) is 4.33. The molecule has 1 aliphatic rings. The van der Waals surface area contributed by atoms with Gasteiger partial charge < -0.3 is 15.0 Å². The maximum atomic E-state index is 14.3. The van der Waals surface area contributed by atoms with Crippen LogP contribution in [-0.2, 0) is 0 Å². The summed E-state index contributed by atoms with van der Waals surface area (Å²) in [4.78, 5) is 24.8. The number of hydrogen-bond acceptors (Lipinski definition) is 4. The quantitative estimate of drug-likeness (QED) is 0.535. The van der Waals surface area contributed by atoms with Gasteiger partial charge in [-0.25, -0.2) is 9.37 Å². The molecule has 1 unspecified atom stereocenters. The number of benzene rings is 1. The Bertz CT molecular complexity index is 1250. The molecule has 0 spiro atoms. The van der Waals surface area contributed by atoms with Crippen LogP contribution < -0.4 is 10.1 Å². The van der Waals surface area contributed by atoms with Gasteiger partial charge in [0.25, 0.3) is 5.91 Å². The van der Waals surface area contributed by atoms with Crippen molar-refractivity contribution in [3.63, 3.8) is 0 Å². The summed E-state index contributed by atoms with van der Waals surface area (Å²) in [6.45, 7) is 2.43. The first kappa shape index (κ1) is 18.3. The normalized spacial score (nSPS) is 15.5. The fourth-order valence-electron chi connectivity index (χ4n) is 3.92. The van der Waals surface area contributed by atoms with Gasteiger partial charge in [0, 0.05) is 36.0 Å². The number of aryl methyl sites for hydroxylation is 1. The summed E-state index contributed by atoms with van der Waals surface area (Å²) in [5.74, 6) is -0.203. The van der Waals surface area contributed by atoms with Gasteiger partial charge in [-0.1, -0.05) is 6.07 Å². The molecule has 6 nitrogen and oxygen atoms in total. The molecular formula is C23H19FN4O2. The summed E-state index contributed by atoms with van der Waals surface area (Å²) in [6.07, 6.45) is 5.69. The van der Waals surface area contributed by atoms with Crippen LogP contribution in [0.3, 0.4) is 0 Å². The van der Waals surface area contributed by atoms with Gasteiger partial charge in [0.1, 0.15) is 17.2 Å². The number of carbonyl (C=O) groups excluding carboxylic acids is 1. The highest BCUT2D eigenvalue weighted by Gasteiger charge is 2.26. The molecular weight excluding hydrogens is 383 g/mol. The second-order valence-electron chi connectivity index (χ2n) is 7.30. The van der Waals surface area contributed by atoms with Crippen LogP contribution in [-0.4, -0.2) is 27.5 Å². The minimum atomic E-state index is -0.440. The molecule has 3 aromatic heterocycles. The molecule has 1 aliphatic heterocycles. The van der Waals surface area contributed by atoms with Gasteiger partial charge in [-0.15, -0.1) is 0 Å². The van der Waals surface area contributed by atoms with Crippen molar-refractivity contribution in [2.24, 2.45) is 0 Å². The van der Waals surface area contributed by atoms with Crippen molar-refractivity contribution in [1.29, 1.82) is 0 Å². The molecule has 1 aromatic carbocycles. The van der Waals surface area contributed by atoms with E-state index in [-0.39, 0.29) is 11.7 Å². The summed E-state index contributed by atoms with van der Waals surface area (Å²) in [7, 11) is 0. The van der Waals surface area contributed by atoms with E-state index in [1.807, 2.05) is 25.3 Å². The summed E-state index contributed by atoms with van der Waals surface area (Å²) < 4.78 is 19.8. The Labute approximate surface area is 172 Å². The average Bonchev–Trinajstić information content (AvgIpc) is 3.15. The van der Waals surface area contributed by atoms with Crippen LogP contribution in [0.4, 0.5) is 4.39 Å². The van der Waals surface area contributed by atoms with Crippen molar-refractivity contribution in [1.82, 2.24) is 20.3 Å². The van der Waals surface area contributed by atoms with Crippen molar-refractivity contribution in [3.8, 4) is 17.0 Å². The highest BCUT2D eigenvalue weighted by Crippen LogP contribution is 2.34. The smallest absolute Gasteiger partial charge is 0.253 e. The van der Waals surface area contributed by atoms with Gasteiger partial charge in [0.2, 0.25) is 0 Å². The minimum Gasteiger partial charge on any atom is -0.493 e. The van der Waals surface area contributed by atoms with E-state index in [0.29, 0.717) is 29.9 Å². The molecule has 1 amide bonds. The summed E-state index contributed by atoms with van der Waals surface area (Å²) >= 11 is 0. The average molecular weight is 402 g/mol. The number of nitrogens with zero attached hydrogens (tertiary/aromatic N) is 2. The Morgan fingerprint density at radius 3 is 2.97 bits per heavy atom. The Morgan fingerprint density at radius 2 is 2.13 bits per heavy atom. The lowest BCUT2D eigenvalue weighted by Gasteiger charge is -2.27. The van der Waals surface area contributed by atoms with Gasteiger partial charge >= 0.3 is 0 Å². The molecule has 30 heavy (non-hydrogen) atoms. The third-order valence-corrected chi connectivity index (χ3v) is 5.40. The first-order valence-corrected chi connectivity index (χ1v) is 9.73. The van der Waals surface area contributed by atoms with Crippen LogP contribution in [0.1, 0.15) is 33.9 Å². The zero-order valence-electron chi connectivity index (χ0n) is 16.3. The maximum absolute atomic E-state index is 14.3. The lowest BCUT2D eigenvalue weighted by atomic mass is 9.99.